The van der Waals surface area contributed by atoms with E-state index in [1.807, 2.05) is 0 Å². The van der Waals surface area contributed by atoms with Gasteiger partial charge in [0.1, 0.15) is 0 Å². The average Bonchev–Trinajstić information content (AvgIpc) is 3.37. The van der Waals surface area contributed by atoms with Crippen LogP contribution in [0.1, 0.15) is 46.1 Å². The third kappa shape index (κ3) is 3.93. The quantitative estimate of drug-likeness (QED) is 0.461. The molecule has 0 heterocycles. The Morgan fingerprint density at radius 1 is 0.912 bits per heavy atom. The normalized spacial score (nSPS) is 25.2. The maximum atomic E-state index is 2.75. The summed E-state index contributed by atoms with van der Waals surface area (Å²) in [6, 6.07) is 13.8. The van der Waals surface area contributed by atoms with Gasteiger partial charge in [-0.25, -0.2) is 0 Å². The van der Waals surface area contributed by atoms with E-state index in [2.05, 4.69) is 107 Å². The fraction of sp³-hybridized carbons (Fsp3) is 0.379. The van der Waals surface area contributed by atoms with Gasteiger partial charge in [0.2, 0.25) is 0 Å². The molecule has 0 saturated heterocycles. The first kappa shape index (κ1) is 28.1. The molecule has 2 unspecified atom stereocenters. The third-order valence-corrected chi connectivity index (χ3v) is 40.9. The molecule has 2 aromatic carbocycles. The molecule has 3 aliphatic rings. The SMILES string of the molecule is CC1=C[CH]([Zr-6]([CH3])([CH3])([CH3])([CH3])(=[SiH2])(=[SiH2])[CH]2C(C)=Cc3c2cc2c(c3-c3ccccc3)CCC2)C=C1.[Cl-].[Cl-]. The summed E-state index contributed by atoms with van der Waals surface area (Å²) in [4.78, 5) is 0. The number of hydrogen-bond donors (Lipinski definition) is 0. The van der Waals surface area contributed by atoms with E-state index < -0.39 is 11.6 Å². The van der Waals surface area contributed by atoms with Gasteiger partial charge in [-0.3, -0.25) is 0 Å². The summed E-state index contributed by atoms with van der Waals surface area (Å²) >= 11 is -4.86. The molecule has 0 nitrogen and oxygen atoms in total. The number of halogens is 2. The summed E-state index contributed by atoms with van der Waals surface area (Å²) in [5.41, 5.74) is 12.2. The number of fused-ring (bicyclic) bond motifs is 2. The van der Waals surface area contributed by atoms with Crippen molar-refractivity contribution in [1.29, 1.82) is 0 Å². The maximum Gasteiger partial charge on any atom is -1.00 e. The zero-order valence-corrected chi connectivity index (χ0v) is 28.5. The van der Waals surface area contributed by atoms with Crippen LogP contribution >= 0.6 is 0 Å². The minimum absolute atomic E-state index is 0. The Bertz CT molecular complexity index is 1570. The van der Waals surface area contributed by atoms with Crippen molar-refractivity contribution in [3.05, 3.63) is 88.0 Å². The summed E-state index contributed by atoms with van der Waals surface area (Å²) in [6.07, 6.45) is 13.8. The monoisotopic (exact) mass is 604 g/mol. The second kappa shape index (κ2) is 6.51. The molecule has 3 aliphatic carbocycles. The van der Waals surface area contributed by atoms with E-state index in [1.165, 1.54) is 41.5 Å². The van der Waals surface area contributed by atoms with Gasteiger partial charge in [0.15, 0.2) is 0 Å². The molecule has 34 heavy (non-hydrogen) atoms. The zero-order valence-electron chi connectivity index (χ0n) is 21.7. The maximum absolute atomic E-state index is 4.86. The molecule has 5 rings (SSSR count). The first-order valence-corrected chi connectivity index (χ1v) is 37.0. The Morgan fingerprint density at radius 2 is 1.56 bits per heavy atom. The van der Waals surface area contributed by atoms with Crippen molar-refractivity contribution in [2.75, 3.05) is 0 Å². The Kier molecular flexibility index (Phi) is 5.39. The van der Waals surface area contributed by atoms with E-state index in [0.717, 1.165) is 0 Å². The Labute approximate surface area is 212 Å². The Hall–Kier alpha value is -0.443. The minimum atomic E-state index is -4.86. The van der Waals surface area contributed by atoms with Gasteiger partial charge in [-0.15, -0.1) is 0 Å². The van der Waals surface area contributed by atoms with E-state index >= 15 is 0 Å². The molecule has 0 fully saturated rings. The average molecular weight is 607 g/mol. The third-order valence-electron chi connectivity index (χ3n) is 9.41. The molecule has 0 amide bonds. The van der Waals surface area contributed by atoms with Crippen molar-refractivity contribution in [1.82, 2.24) is 0 Å². The number of benzene rings is 2. The number of allylic oxidation sites excluding steroid dienone is 5. The van der Waals surface area contributed by atoms with E-state index in [1.54, 1.807) is 22.3 Å². The molecule has 0 saturated carbocycles. The van der Waals surface area contributed by atoms with Crippen molar-refractivity contribution in [3.8, 4) is 11.1 Å². The predicted molar refractivity (Wildman–Crippen MR) is 147 cm³/mol. The molecular formula is C29H40Cl2Si2Zr-8. The minimum Gasteiger partial charge on any atom is -1.00 e. The van der Waals surface area contributed by atoms with Crippen LogP contribution in [0.15, 0.2) is 65.8 Å². The van der Waals surface area contributed by atoms with E-state index in [9.17, 15) is 0 Å². The van der Waals surface area contributed by atoms with Crippen LogP contribution in [0.25, 0.3) is 17.2 Å². The standard InChI is InChI=1S/C19H17.C6H7.4CH3.2ClH.2H2Si.Zr/c1-13-10-16-12-15-8-5-9-17(15)19(18(16)11-13)14-6-3-2-4-7-14;1-6-4-2-3-5-6;;;;;;;;;/h2-4,6-7,10-12H,5,8-9H2,1H3;2-5H,1H3;4*1H3;2*1H;2*1H2;/q;;;;;;;;;;-6/p-2. The summed E-state index contributed by atoms with van der Waals surface area (Å²) in [6.45, 7) is 9.55. The topological polar surface area (TPSA) is 0 Å². The van der Waals surface area contributed by atoms with Gasteiger partial charge >= 0.3 is 189 Å². The number of hydrogen-bond acceptors (Lipinski definition) is 0. The Balaban J connectivity index is 0.00000162. The van der Waals surface area contributed by atoms with Crippen LogP contribution in [0.3, 0.4) is 0 Å². The van der Waals surface area contributed by atoms with Crippen molar-refractivity contribution in [2.24, 2.45) is 0 Å². The van der Waals surface area contributed by atoms with Crippen LogP contribution in [-0.4, -0.2) is 13.8 Å². The van der Waals surface area contributed by atoms with Crippen LogP contribution < -0.4 is 24.8 Å². The van der Waals surface area contributed by atoms with Gasteiger partial charge < -0.3 is 24.8 Å². The molecular weight excluding hydrogens is 567 g/mol. The number of aryl methyl sites for hydroxylation is 1. The second-order valence-electron chi connectivity index (χ2n) is 17.1. The van der Waals surface area contributed by atoms with E-state index in [4.69, 9.17) is 0 Å². The van der Waals surface area contributed by atoms with Crippen molar-refractivity contribution >= 4 is 19.8 Å². The van der Waals surface area contributed by atoms with Crippen molar-refractivity contribution < 1.29 is 36.4 Å². The molecule has 5 heteroatoms. The fourth-order valence-corrected chi connectivity index (χ4v) is 36.5. The summed E-state index contributed by atoms with van der Waals surface area (Å²) in [5.74, 6) is 0. The van der Waals surface area contributed by atoms with Crippen LogP contribution in [0.4, 0.5) is 0 Å². The van der Waals surface area contributed by atoms with Crippen molar-refractivity contribution in [2.45, 2.75) is 58.9 Å². The first-order valence-electron chi connectivity index (χ1n) is 12.5. The predicted octanol–water partition coefficient (Wildman–Crippen LogP) is 1.20. The van der Waals surface area contributed by atoms with E-state index in [0.29, 0.717) is 7.25 Å². The summed E-state index contributed by atoms with van der Waals surface area (Å²) < 4.78 is 12.0. The molecule has 190 valence electrons. The molecule has 0 spiro atoms. The number of rotatable bonds is 3. The van der Waals surface area contributed by atoms with Crippen LogP contribution in [-0.2, 0) is 24.4 Å². The molecule has 0 N–H and O–H groups in total. The van der Waals surface area contributed by atoms with Crippen LogP contribution in [0.5, 0.6) is 0 Å². The second-order valence-corrected chi connectivity index (χ2v) is 121. The smallest absolute Gasteiger partial charge is 1.00 e. The fourth-order valence-electron chi connectivity index (χ4n) is 7.88. The van der Waals surface area contributed by atoms with Gasteiger partial charge in [0.05, 0.1) is 0 Å². The van der Waals surface area contributed by atoms with Gasteiger partial charge in [0.25, 0.3) is 0 Å². The summed E-state index contributed by atoms with van der Waals surface area (Å²) in [7, 11) is 0. The van der Waals surface area contributed by atoms with Crippen molar-refractivity contribution in [3.63, 3.8) is 0 Å². The van der Waals surface area contributed by atoms with Gasteiger partial charge in [-0.05, 0) is 0 Å². The molecule has 2 atom stereocenters. The van der Waals surface area contributed by atoms with Gasteiger partial charge in [0, 0.05) is 0 Å². The van der Waals surface area contributed by atoms with Gasteiger partial charge in [-0.2, -0.15) is 0 Å². The van der Waals surface area contributed by atoms with Gasteiger partial charge in [-0.1, -0.05) is 0 Å². The van der Waals surface area contributed by atoms with Crippen LogP contribution in [0, 0.1) is 0 Å². The molecule has 0 radical (unpaired) electrons. The first-order chi connectivity index (χ1) is 14.4. The zero-order chi connectivity index (χ0) is 23.3. The molecule has 0 aromatic heterocycles. The Morgan fingerprint density at radius 3 is 2.15 bits per heavy atom. The summed E-state index contributed by atoms with van der Waals surface area (Å²) in [5, 5.41) is 0. The molecule has 2 aromatic rings. The molecule has 0 aliphatic heterocycles. The molecule has 0 bridgehead atoms. The largest absolute Gasteiger partial charge is 1.00 e. The van der Waals surface area contributed by atoms with Crippen LogP contribution in [0.2, 0.25) is 22.2 Å². The van der Waals surface area contributed by atoms with E-state index in [-0.39, 0.29) is 24.8 Å².